The van der Waals surface area contributed by atoms with Crippen molar-refractivity contribution < 1.29 is 23.5 Å². The number of nitrogens with one attached hydrogen (secondary N) is 1. The standard InChI is InChI=1S/C19H25FN2O4/c1-25-11-10-21-17(23)16-13-26-19(8-3-2-4-9-19)22(16)18(24)14-6-5-7-15(20)12-14/h5-7,12,16H,2-4,8-11,13H2,1H3,(H,21,23). The molecule has 1 saturated carbocycles. The predicted molar refractivity (Wildman–Crippen MR) is 93.0 cm³/mol. The zero-order valence-electron chi connectivity index (χ0n) is 15.0. The van der Waals surface area contributed by atoms with Crippen LogP contribution in [0.4, 0.5) is 4.39 Å². The van der Waals surface area contributed by atoms with E-state index in [-0.39, 0.29) is 24.0 Å². The number of amides is 2. The summed E-state index contributed by atoms with van der Waals surface area (Å²) in [4.78, 5) is 27.4. The van der Waals surface area contributed by atoms with Crippen molar-refractivity contribution in [1.29, 1.82) is 0 Å². The van der Waals surface area contributed by atoms with Gasteiger partial charge in [0.05, 0.1) is 13.2 Å². The van der Waals surface area contributed by atoms with Gasteiger partial charge in [0.25, 0.3) is 5.91 Å². The fourth-order valence-electron chi connectivity index (χ4n) is 3.83. The van der Waals surface area contributed by atoms with Crippen LogP contribution in [0, 0.1) is 5.82 Å². The zero-order chi connectivity index (χ0) is 18.6. The summed E-state index contributed by atoms with van der Waals surface area (Å²) < 4.78 is 24.6. The number of carbonyl (C=O) groups excluding carboxylic acids is 2. The SMILES string of the molecule is COCCNC(=O)C1COC2(CCCCC2)N1C(=O)c1cccc(F)c1. The van der Waals surface area contributed by atoms with Crippen LogP contribution < -0.4 is 5.32 Å². The highest BCUT2D eigenvalue weighted by Gasteiger charge is 2.52. The monoisotopic (exact) mass is 364 g/mol. The van der Waals surface area contributed by atoms with E-state index in [1.807, 2.05) is 0 Å². The minimum atomic E-state index is -0.773. The van der Waals surface area contributed by atoms with Gasteiger partial charge in [-0.2, -0.15) is 0 Å². The van der Waals surface area contributed by atoms with E-state index < -0.39 is 17.6 Å². The van der Waals surface area contributed by atoms with Crippen molar-refractivity contribution in [2.24, 2.45) is 0 Å². The maximum Gasteiger partial charge on any atom is 0.256 e. The summed E-state index contributed by atoms with van der Waals surface area (Å²) in [5.41, 5.74) is -0.541. The molecule has 1 spiro atoms. The average molecular weight is 364 g/mol. The van der Waals surface area contributed by atoms with Crippen molar-refractivity contribution in [1.82, 2.24) is 10.2 Å². The van der Waals surface area contributed by atoms with Gasteiger partial charge in [-0.1, -0.05) is 12.5 Å². The molecule has 1 N–H and O–H groups in total. The number of hydrogen-bond donors (Lipinski definition) is 1. The minimum absolute atomic E-state index is 0.153. The molecule has 3 rings (SSSR count). The molecular weight excluding hydrogens is 339 g/mol. The van der Waals surface area contributed by atoms with Gasteiger partial charge in [-0.05, 0) is 43.9 Å². The lowest BCUT2D eigenvalue weighted by Crippen LogP contribution is -2.56. The summed E-state index contributed by atoms with van der Waals surface area (Å²) in [6, 6.07) is 4.85. The topological polar surface area (TPSA) is 67.9 Å². The van der Waals surface area contributed by atoms with Gasteiger partial charge < -0.3 is 14.8 Å². The first-order chi connectivity index (χ1) is 12.6. The van der Waals surface area contributed by atoms with E-state index in [4.69, 9.17) is 9.47 Å². The third kappa shape index (κ3) is 3.73. The van der Waals surface area contributed by atoms with Crippen molar-refractivity contribution in [3.8, 4) is 0 Å². The van der Waals surface area contributed by atoms with Gasteiger partial charge in [-0.25, -0.2) is 4.39 Å². The molecular formula is C19H25FN2O4. The molecule has 1 aliphatic carbocycles. The molecule has 2 fully saturated rings. The van der Waals surface area contributed by atoms with Gasteiger partial charge in [-0.15, -0.1) is 0 Å². The lowest BCUT2D eigenvalue weighted by molar-refractivity contribution is -0.127. The largest absolute Gasteiger partial charge is 0.383 e. The smallest absolute Gasteiger partial charge is 0.256 e. The number of methoxy groups -OCH3 is 1. The summed E-state index contributed by atoms with van der Waals surface area (Å²) >= 11 is 0. The summed E-state index contributed by atoms with van der Waals surface area (Å²) in [5.74, 6) is -1.11. The van der Waals surface area contributed by atoms with Crippen LogP contribution in [0.1, 0.15) is 42.5 Å². The lowest BCUT2D eigenvalue weighted by Gasteiger charge is -2.41. The van der Waals surface area contributed by atoms with E-state index in [2.05, 4.69) is 5.32 Å². The second-order valence-electron chi connectivity index (χ2n) is 6.80. The van der Waals surface area contributed by atoms with E-state index in [1.165, 1.54) is 18.2 Å². The molecule has 6 nitrogen and oxygen atoms in total. The fourth-order valence-corrected chi connectivity index (χ4v) is 3.83. The Hall–Kier alpha value is -1.99. The van der Waals surface area contributed by atoms with Crippen molar-refractivity contribution >= 4 is 11.8 Å². The number of benzene rings is 1. The van der Waals surface area contributed by atoms with E-state index in [0.29, 0.717) is 26.0 Å². The van der Waals surface area contributed by atoms with Crippen LogP contribution in [0.5, 0.6) is 0 Å². The third-order valence-corrected chi connectivity index (χ3v) is 5.09. The van der Waals surface area contributed by atoms with E-state index in [1.54, 1.807) is 18.1 Å². The Morgan fingerprint density at radius 3 is 2.81 bits per heavy atom. The molecule has 0 radical (unpaired) electrons. The first-order valence-corrected chi connectivity index (χ1v) is 9.07. The molecule has 1 aliphatic heterocycles. The van der Waals surface area contributed by atoms with Gasteiger partial charge in [0.15, 0.2) is 0 Å². The lowest BCUT2D eigenvalue weighted by atomic mass is 9.89. The number of rotatable bonds is 5. The summed E-state index contributed by atoms with van der Waals surface area (Å²) in [6.45, 7) is 0.906. The Balaban J connectivity index is 1.87. The van der Waals surface area contributed by atoms with Crippen LogP contribution >= 0.6 is 0 Å². The third-order valence-electron chi connectivity index (χ3n) is 5.09. The van der Waals surface area contributed by atoms with Crippen LogP contribution in [-0.4, -0.2) is 55.3 Å². The van der Waals surface area contributed by atoms with Gasteiger partial charge in [0.2, 0.25) is 5.91 Å². The summed E-state index contributed by atoms with van der Waals surface area (Å²) in [7, 11) is 1.56. The maximum absolute atomic E-state index is 13.6. The summed E-state index contributed by atoms with van der Waals surface area (Å²) in [5, 5.41) is 2.78. The number of carbonyl (C=O) groups is 2. The Morgan fingerprint density at radius 1 is 1.35 bits per heavy atom. The molecule has 26 heavy (non-hydrogen) atoms. The molecule has 0 aromatic heterocycles. The van der Waals surface area contributed by atoms with Crippen LogP contribution in [0.3, 0.4) is 0 Å². The van der Waals surface area contributed by atoms with Gasteiger partial charge in [0.1, 0.15) is 17.6 Å². The number of hydrogen-bond acceptors (Lipinski definition) is 4. The van der Waals surface area contributed by atoms with Crippen LogP contribution in [0.25, 0.3) is 0 Å². The molecule has 1 heterocycles. The van der Waals surface area contributed by atoms with Crippen molar-refractivity contribution in [3.63, 3.8) is 0 Å². The van der Waals surface area contributed by atoms with Crippen molar-refractivity contribution in [3.05, 3.63) is 35.6 Å². The van der Waals surface area contributed by atoms with E-state index in [9.17, 15) is 14.0 Å². The molecule has 142 valence electrons. The van der Waals surface area contributed by atoms with Crippen LogP contribution in [-0.2, 0) is 14.3 Å². The van der Waals surface area contributed by atoms with Crippen LogP contribution in [0.15, 0.2) is 24.3 Å². The molecule has 1 aromatic rings. The molecule has 1 saturated heterocycles. The van der Waals surface area contributed by atoms with Crippen molar-refractivity contribution in [2.45, 2.75) is 43.9 Å². The highest BCUT2D eigenvalue weighted by Crippen LogP contribution is 2.41. The predicted octanol–water partition coefficient (Wildman–Crippen LogP) is 2.09. The fraction of sp³-hybridized carbons (Fsp3) is 0.579. The normalized spacial score (nSPS) is 21.8. The highest BCUT2D eigenvalue weighted by molar-refractivity contribution is 5.98. The Morgan fingerprint density at radius 2 is 2.12 bits per heavy atom. The molecule has 1 aromatic carbocycles. The van der Waals surface area contributed by atoms with E-state index >= 15 is 0 Å². The second kappa shape index (κ2) is 8.14. The highest BCUT2D eigenvalue weighted by atomic mass is 19.1. The Kier molecular flexibility index (Phi) is 5.88. The molecule has 0 bridgehead atoms. The molecule has 1 unspecified atom stereocenters. The first-order valence-electron chi connectivity index (χ1n) is 9.07. The molecule has 7 heteroatoms. The zero-order valence-corrected chi connectivity index (χ0v) is 15.0. The quantitative estimate of drug-likeness (QED) is 0.813. The van der Waals surface area contributed by atoms with Crippen molar-refractivity contribution in [2.75, 3.05) is 26.9 Å². The number of halogens is 1. The van der Waals surface area contributed by atoms with Gasteiger partial charge in [-0.3, -0.25) is 14.5 Å². The molecule has 2 amide bonds. The van der Waals surface area contributed by atoms with Crippen LogP contribution in [0.2, 0.25) is 0 Å². The average Bonchev–Trinajstić information content (AvgIpc) is 3.00. The van der Waals surface area contributed by atoms with Gasteiger partial charge >= 0.3 is 0 Å². The maximum atomic E-state index is 13.6. The second-order valence-corrected chi connectivity index (χ2v) is 6.80. The molecule has 2 aliphatic rings. The van der Waals surface area contributed by atoms with Gasteiger partial charge in [0, 0.05) is 19.2 Å². The first kappa shape index (κ1) is 18.8. The number of ether oxygens (including phenoxy) is 2. The Bertz CT molecular complexity index is 661. The molecule has 1 atom stereocenters. The Labute approximate surface area is 152 Å². The van der Waals surface area contributed by atoms with E-state index in [0.717, 1.165) is 19.3 Å². The number of nitrogens with zero attached hydrogens (tertiary/aromatic N) is 1. The summed E-state index contributed by atoms with van der Waals surface area (Å²) in [6.07, 6.45) is 4.33. The minimum Gasteiger partial charge on any atom is -0.383 e.